The minimum Gasteiger partial charge on any atom is -0.467 e. The molecule has 0 saturated carbocycles. The van der Waals surface area contributed by atoms with Crippen LogP contribution in [0, 0.1) is 6.92 Å². The molecule has 4 aromatic rings. The number of fused-ring (bicyclic) bond motifs is 1. The maximum absolute atomic E-state index is 13.6. The van der Waals surface area contributed by atoms with Gasteiger partial charge in [0.05, 0.1) is 19.4 Å². The van der Waals surface area contributed by atoms with Crippen molar-refractivity contribution in [1.82, 2.24) is 4.90 Å². The van der Waals surface area contributed by atoms with Crippen LogP contribution in [0.15, 0.2) is 62.0 Å². The molecule has 1 amide bonds. The van der Waals surface area contributed by atoms with E-state index < -0.39 is 0 Å². The molecule has 3 aromatic heterocycles. The van der Waals surface area contributed by atoms with E-state index in [1.807, 2.05) is 37.3 Å². The van der Waals surface area contributed by atoms with Gasteiger partial charge in [-0.2, -0.15) is 0 Å². The first-order valence-corrected chi connectivity index (χ1v) is 11.3. The van der Waals surface area contributed by atoms with Gasteiger partial charge in [0.25, 0.3) is 5.91 Å². The Labute approximate surface area is 191 Å². The zero-order valence-electron chi connectivity index (χ0n) is 18.0. The largest absolute Gasteiger partial charge is 0.467 e. The highest BCUT2D eigenvalue weighted by Crippen LogP contribution is 2.30. The standard InChI is InChI=1S/C25H25ClN2O4/c1-17-21-14-18(26)7-9-22(21)32-24(17)25(29)28(15-19-6-5-13-30-19)16-20-8-10-23(31-20)27-11-3-2-4-12-27/h5-10,13-14H,2-4,11-12,15-16H2,1H3. The summed E-state index contributed by atoms with van der Waals surface area (Å²) in [5, 5.41) is 1.44. The summed E-state index contributed by atoms with van der Waals surface area (Å²) in [6, 6.07) is 13.0. The molecule has 1 aliphatic rings. The van der Waals surface area contributed by atoms with Gasteiger partial charge in [-0.25, -0.2) is 0 Å². The van der Waals surface area contributed by atoms with Crippen molar-refractivity contribution in [3.05, 3.63) is 76.6 Å². The van der Waals surface area contributed by atoms with Crippen molar-refractivity contribution in [2.45, 2.75) is 39.3 Å². The van der Waals surface area contributed by atoms with Crippen LogP contribution < -0.4 is 4.90 Å². The molecule has 1 aliphatic heterocycles. The van der Waals surface area contributed by atoms with Crippen LogP contribution in [0.25, 0.3) is 11.0 Å². The van der Waals surface area contributed by atoms with Crippen LogP contribution in [0.5, 0.6) is 0 Å². The van der Waals surface area contributed by atoms with Crippen LogP contribution in [0.4, 0.5) is 5.88 Å². The number of aryl methyl sites for hydroxylation is 1. The average molecular weight is 453 g/mol. The number of anilines is 1. The van der Waals surface area contributed by atoms with Crippen LogP contribution in [-0.4, -0.2) is 23.9 Å². The third-order valence-electron chi connectivity index (χ3n) is 5.97. The first-order valence-electron chi connectivity index (χ1n) is 10.9. The number of hydrogen-bond donors (Lipinski definition) is 0. The number of amides is 1. The molecule has 32 heavy (non-hydrogen) atoms. The van der Waals surface area contributed by atoms with E-state index in [2.05, 4.69) is 4.90 Å². The molecular weight excluding hydrogens is 428 g/mol. The summed E-state index contributed by atoms with van der Waals surface area (Å²) in [6.07, 6.45) is 5.22. The topological polar surface area (TPSA) is 63.0 Å². The van der Waals surface area contributed by atoms with Gasteiger partial charge < -0.3 is 23.1 Å². The van der Waals surface area contributed by atoms with Crippen molar-refractivity contribution >= 4 is 34.4 Å². The van der Waals surface area contributed by atoms with E-state index in [0.29, 0.717) is 35.2 Å². The van der Waals surface area contributed by atoms with E-state index in [9.17, 15) is 4.79 Å². The Morgan fingerprint density at radius 3 is 2.62 bits per heavy atom. The van der Waals surface area contributed by atoms with E-state index in [1.54, 1.807) is 23.3 Å². The SMILES string of the molecule is Cc1c(C(=O)N(Cc2ccco2)Cc2ccc(N3CCCCC3)o2)oc2ccc(Cl)cc12. The lowest BCUT2D eigenvalue weighted by Crippen LogP contribution is -2.30. The predicted octanol–water partition coefficient (Wildman–Crippen LogP) is 6.41. The minimum atomic E-state index is -0.220. The van der Waals surface area contributed by atoms with E-state index in [1.165, 1.54) is 19.3 Å². The van der Waals surface area contributed by atoms with Crippen LogP contribution in [0.2, 0.25) is 5.02 Å². The number of nitrogens with zero attached hydrogens (tertiary/aromatic N) is 2. The van der Waals surface area contributed by atoms with Crippen molar-refractivity contribution in [1.29, 1.82) is 0 Å². The zero-order chi connectivity index (χ0) is 22.1. The van der Waals surface area contributed by atoms with Gasteiger partial charge in [-0.3, -0.25) is 4.79 Å². The molecule has 0 N–H and O–H groups in total. The Hall–Kier alpha value is -3.12. The van der Waals surface area contributed by atoms with Gasteiger partial charge in [0, 0.05) is 35.1 Å². The fourth-order valence-corrected chi connectivity index (χ4v) is 4.43. The third-order valence-corrected chi connectivity index (χ3v) is 6.20. The van der Waals surface area contributed by atoms with E-state index in [-0.39, 0.29) is 5.91 Å². The number of furan rings is 3. The Morgan fingerprint density at radius 2 is 1.84 bits per heavy atom. The molecule has 0 atom stereocenters. The highest BCUT2D eigenvalue weighted by atomic mass is 35.5. The quantitative estimate of drug-likeness (QED) is 0.338. The number of rotatable bonds is 6. The number of carbonyl (C=O) groups excluding carboxylic acids is 1. The second-order valence-electron chi connectivity index (χ2n) is 8.22. The van der Waals surface area contributed by atoms with Gasteiger partial charge in [-0.1, -0.05) is 11.6 Å². The number of halogens is 1. The summed E-state index contributed by atoms with van der Waals surface area (Å²) >= 11 is 6.14. The third kappa shape index (κ3) is 4.15. The normalized spacial score (nSPS) is 14.2. The van der Waals surface area contributed by atoms with Crippen LogP contribution in [0.3, 0.4) is 0 Å². The summed E-state index contributed by atoms with van der Waals surface area (Å²) in [4.78, 5) is 17.5. The predicted molar refractivity (Wildman–Crippen MR) is 123 cm³/mol. The van der Waals surface area contributed by atoms with E-state index in [0.717, 1.165) is 35.7 Å². The van der Waals surface area contributed by atoms with Gasteiger partial charge >= 0.3 is 0 Å². The van der Waals surface area contributed by atoms with Gasteiger partial charge in [-0.05, 0) is 62.6 Å². The molecule has 7 heteroatoms. The zero-order valence-corrected chi connectivity index (χ0v) is 18.7. The number of benzene rings is 1. The van der Waals surface area contributed by atoms with Crippen molar-refractivity contribution in [2.24, 2.45) is 0 Å². The van der Waals surface area contributed by atoms with Crippen LogP contribution >= 0.6 is 11.6 Å². The molecule has 0 bridgehead atoms. The number of carbonyl (C=O) groups is 1. The molecule has 4 heterocycles. The lowest BCUT2D eigenvalue weighted by Gasteiger charge is -2.26. The molecule has 1 aromatic carbocycles. The summed E-state index contributed by atoms with van der Waals surface area (Å²) < 4.78 is 17.6. The van der Waals surface area contributed by atoms with Crippen molar-refractivity contribution in [3.63, 3.8) is 0 Å². The Bertz CT molecular complexity index is 1220. The van der Waals surface area contributed by atoms with Crippen molar-refractivity contribution < 1.29 is 18.0 Å². The Kier molecular flexibility index (Phi) is 5.70. The summed E-state index contributed by atoms with van der Waals surface area (Å²) in [5.74, 6) is 2.36. The average Bonchev–Trinajstić information content (AvgIpc) is 3.55. The number of piperidine rings is 1. The second-order valence-corrected chi connectivity index (χ2v) is 8.66. The second kappa shape index (κ2) is 8.79. The monoisotopic (exact) mass is 452 g/mol. The Balaban J connectivity index is 1.43. The molecule has 6 nitrogen and oxygen atoms in total. The van der Waals surface area contributed by atoms with E-state index in [4.69, 9.17) is 24.9 Å². The maximum atomic E-state index is 13.6. The van der Waals surface area contributed by atoms with Crippen LogP contribution in [-0.2, 0) is 13.1 Å². The molecule has 0 unspecified atom stereocenters. The summed E-state index contributed by atoms with van der Waals surface area (Å²) in [5.41, 5.74) is 1.41. The number of hydrogen-bond acceptors (Lipinski definition) is 5. The molecule has 0 radical (unpaired) electrons. The fourth-order valence-electron chi connectivity index (χ4n) is 4.25. The highest BCUT2D eigenvalue weighted by molar-refractivity contribution is 6.31. The summed E-state index contributed by atoms with van der Waals surface area (Å²) in [7, 11) is 0. The van der Waals surface area contributed by atoms with Crippen molar-refractivity contribution in [3.8, 4) is 0 Å². The smallest absolute Gasteiger partial charge is 0.290 e. The maximum Gasteiger partial charge on any atom is 0.290 e. The first-order chi connectivity index (χ1) is 15.6. The molecule has 166 valence electrons. The minimum absolute atomic E-state index is 0.220. The van der Waals surface area contributed by atoms with Gasteiger partial charge in [0.15, 0.2) is 11.6 Å². The van der Waals surface area contributed by atoms with Crippen molar-refractivity contribution in [2.75, 3.05) is 18.0 Å². The summed E-state index contributed by atoms with van der Waals surface area (Å²) in [6.45, 7) is 4.50. The van der Waals surface area contributed by atoms with Crippen LogP contribution in [0.1, 0.15) is 46.9 Å². The van der Waals surface area contributed by atoms with Gasteiger partial charge in [-0.15, -0.1) is 0 Å². The van der Waals surface area contributed by atoms with Gasteiger partial charge in [0.1, 0.15) is 17.1 Å². The van der Waals surface area contributed by atoms with E-state index >= 15 is 0 Å². The molecular formula is C25H25ClN2O4. The lowest BCUT2D eigenvalue weighted by molar-refractivity contribution is 0.0674. The molecule has 0 spiro atoms. The highest BCUT2D eigenvalue weighted by Gasteiger charge is 2.26. The molecule has 1 fully saturated rings. The molecule has 1 saturated heterocycles. The first kappa shape index (κ1) is 20.8. The van der Waals surface area contributed by atoms with Gasteiger partial charge in [0.2, 0.25) is 0 Å². The molecule has 0 aliphatic carbocycles. The molecule has 5 rings (SSSR count). The Morgan fingerprint density at radius 1 is 1.03 bits per heavy atom. The lowest BCUT2D eigenvalue weighted by atomic mass is 10.1. The fraction of sp³-hybridized carbons (Fsp3) is 0.320.